The molecule has 0 aliphatic carbocycles. The van der Waals surface area contributed by atoms with E-state index in [0.717, 1.165) is 35.4 Å². The molecule has 1 aromatic carbocycles. The fourth-order valence-electron chi connectivity index (χ4n) is 1.62. The van der Waals surface area contributed by atoms with E-state index in [4.69, 9.17) is 5.73 Å². The summed E-state index contributed by atoms with van der Waals surface area (Å²) in [6.07, 6.45) is 0. The van der Waals surface area contributed by atoms with Crippen LogP contribution in [0.4, 0.5) is 23.0 Å². The molecule has 0 unspecified atom stereocenters. The number of rotatable bonds is 4. The van der Waals surface area contributed by atoms with Crippen LogP contribution in [0.1, 0.15) is 12.7 Å². The quantitative estimate of drug-likeness (QED) is 0.719. The third-order valence-corrected chi connectivity index (χ3v) is 2.38. The fourth-order valence-corrected chi connectivity index (χ4v) is 1.62. The Bertz CT molecular complexity index is 521. The van der Waals surface area contributed by atoms with Crippen molar-refractivity contribution in [1.82, 2.24) is 9.97 Å². The molecule has 0 fully saturated rings. The van der Waals surface area contributed by atoms with Gasteiger partial charge in [0.05, 0.1) is 0 Å². The molecule has 0 spiro atoms. The highest BCUT2D eigenvalue weighted by molar-refractivity contribution is 5.61. The van der Waals surface area contributed by atoms with Gasteiger partial charge in [0.15, 0.2) is 0 Å². The number of anilines is 4. The van der Waals surface area contributed by atoms with Crippen molar-refractivity contribution in [2.75, 3.05) is 22.9 Å². The number of hydrogen-bond acceptors (Lipinski definition) is 5. The zero-order valence-electron chi connectivity index (χ0n) is 10.6. The van der Waals surface area contributed by atoms with Crippen LogP contribution in [0, 0.1) is 6.92 Å². The first-order valence-corrected chi connectivity index (χ1v) is 5.89. The number of benzene rings is 1. The van der Waals surface area contributed by atoms with Gasteiger partial charge in [-0.15, -0.1) is 0 Å². The molecule has 94 valence electrons. The summed E-state index contributed by atoms with van der Waals surface area (Å²) in [6, 6.07) is 9.41. The first-order chi connectivity index (χ1) is 8.67. The molecule has 18 heavy (non-hydrogen) atoms. The van der Waals surface area contributed by atoms with Gasteiger partial charge in [-0.2, -0.15) is 0 Å². The Labute approximate surface area is 106 Å². The van der Waals surface area contributed by atoms with Crippen molar-refractivity contribution >= 4 is 23.0 Å². The van der Waals surface area contributed by atoms with Gasteiger partial charge >= 0.3 is 0 Å². The highest BCUT2D eigenvalue weighted by Crippen LogP contribution is 2.18. The van der Waals surface area contributed by atoms with Crippen LogP contribution >= 0.6 is 0 Å². The predicted octanol–water partition coefficient (Wildman–Crippen LogP) is 2.54. The summed E-state index contributed by atoms with van der Waals surface area (Å²) in [6.45, 7) is 4.73. The summed E-state index contributed by atoms with van der Waals surface area (Å²) < 4.78 is 0. The maximum absolute atomic E-state index is 5.64. The third-order valence-electron chi connectivity index (χ3n) is 2.38. The number of nitrogens with zero attached hydrogens (tertiary/aromatic N) is 2. The van der Waals surface area contributed by atoms with E-state index < -0.39 is 0 Å². The van der Waals surface area contributed by atoms with E-state index >= 15 is 0 Å². The van der Waals surface area contributed by atoms with E-state index in [1.54, 1.807) is 0 Å². The minimum atomic E-state index is 0.728. The summed E-state index contributed by atoms with van der Waals surface area (Å²) in [7, 11) is 0. The van der Waals surface area contributed by atoms with Gasteiger partial charge in [-0.05, 0) is 38.1 Å². The van der Waals surface area contributed by atoms with Gasteiger partial charge < -0.3 is 16.4 Å². The van der Waals surface area contributed by atoms with Gasteiger partial charge in [0.1, 0.15) is 17.5 Å². The Morgan fingerprint density at radius 2 is 1.78 bits per heavy atom. The average molecular weight is 243 g/mol. The van der Waals surface area contributed by atoms with Crippen molar-refractivity contribution in [3.63, 3.8) is 0 Å². The normalized spacial score (nSPS) is 10.1. The lowest BCUT2D eigenvalue weighted by Gasteiger charge is -2.09. The topological polar surface area (TPSA) is 75.9 Å². The minimum Gasteiger partial charge on any atom is -0.399 e. The number of aromatic nitrogens is 2. The van der Waals surface area contributed by atoms with E-state index in [1.165, 1.54) is 0 Å². The largest absolute Gasteiger partial charge is 0.399 e. The maximum Gasteiger partial charge on any atom is 0.136 e. The van der Waals surface area contributed by atoms with Crippen LogP contribution in [0.3, 0.4) is 0 Å². The average Bonchev–Trinajstić information content (AvgIpc) is 2.32. The van der Waals surface area contributed by atoms with E-state index in [2.05, 4.69) is 20.6 Å². The van der Waals surface area contributed by atoms with Crippen LogP contribution in [0.5, 0.6) is 0 Å². The number of nitrogens with two attached hydrogens (primary N) is 1. The summed E-state index contributed by atoms with van der Waals surface area (Å²) in [4.78, 5) is 8.64. The number of aryl methyl sites for hydroxylation is 1. The second-order valence-corrected chi connectivity index (χ2v) is 3.96. The first kappa shape index (κ1) is 12.2. The lowest BCUT2D eigenvalue weighted by atomic mass is 10.3. The predicted molar refractivity (Wildman–Crippen MR) is 75.1 cm³/mol. The minimum absolute atomic E-state index is 0.728. The second kappa shape index (κ2) is 5.35. The number of nitrogens with one attached hydrogen (secondary N) is 2. The number of nitrogen functional groups attached to an aromatic ring is 1. The fraction of sp³-hybridized carbons (Fsp3) is 0.231. The van der Waals surface area contributed by atoms with E-state index in [0.29, 0.717) is 0 Å². The van der Waals surface area contributed by atoms with Crippen LogP contribution in [-0.4, -0.2) is 16.5 Å². The molecule has 5 nitrogen and oxygen atoms in total. The van der Waals surface area contributed by atoms with Crippen molar-refractivity contribution in [3.8, 4) is 0 Å². The summed E-state index contributed by atoms with van der Waals surface area (Å²) >= 11 is 0. The van der Waals surface area contributed by atoms with Crippen LogP contribution in [-0.2, 0) is 0 Å². The lowest BCUT2D eigenvalue weighted by Crippen LogP contribution is -2.04. The molecule has 1 heterocycles. The molecule has 2 aromatic rings. The Balaban J connectivity index is 2.20. The highest BCUT2D eigenvalue weighted by Gasteiger charge is 2.01. The Morgan fingerprint density at radius 3 is 2.44 bits per heavy atom. The molecule has 2 rings (SSSR count). The van der Waals surface area contributed by atoms with Gasteiger partial charge in [0.2, 0.25) is 0 Å². The van der Waals surface area contributed by atoms with Gasteiger partial charge in [-0.1, -0.05) is 0 Å². The van der Waals surface area contributed by atoms with Crippen LogP contribution in [0.25, 0.3) is 0 Å². The molecule has 0 aliphatic rings. The van der Waals surface area contributed by atoms with Gasteiger partial charge in [0.25, 0.3) is 0 Å². The maximum atomic E-state index is 5.64. The van der Waals surface area contributed by atoms with Crippen molar-refractivity contribution in [2.24, 2.45) is 0 Å². The van der Waals surface area contributed by atoms with Gasteiger partial charge in [0, 0.05) is 24.0 Å². The molecule has 1 aromatic heterocycles. The zero-order valence-corrected chi connectivity index (χ0v) is 10.6. The van der Waals surface area contributed by atoms with Gasteiger partial charge in [-0.25, -0.2) is 9.97 Å². The molecule has 0 atom stereocenters. The molecule has 0 saturated carbocycles. The summed E-state index contributed by atoms with van der Waals surface area (Å²) in [5.74, 6) is 2.32. The van der Waals surface area contributed by atoms with E-state index in [1.807, 2.05) is 44.2 Å². The third kappa shape index (κ3) is 3.10. The molecule has 0 saturated heterocycles. The highest BCUT2D eigenvalue weighted by atomic mass is 15.1. The SMILES string of the molecule is CCNc1cc(Nc2ccc(N)cc2)nc(C)n1. The Morgan fingerprint density at radius 1 is 1.11 bits per heavy atom. The molecule has 5 heteroatoms. The van der Waals surface area contributed by atoms with Crippen molar-refractivity contribution in [3.05, 3.63) is 36.2 Å². The smallest absolute Gasteiger partial charge is 0.136 e. The number of hydrogen-bond donors (Lipinski definition) is 3. The van der Waals surface area contributed by atoms with Crippen molar-refractivity contribution < 1.29 is 0 Å². The lowest BCUT2D eigenvalue weighted by molar-refractivity contribution is 1.04. The molecular weight excluding hydrogens is 226 g/mol. The molecule has 0 radical (unpaired) electrons. The van der Waals surface area contributed by atoms with E-state index in [-0.39, 0.29) is 0 Å². The van der Waals surface area contributed by atoms with Crippen LogP contribution in [0.2, 0.25) is 0 Å². The van der Waals surface area contributed by atoms with E-state index in [9.17, 15) is 0 Å². The van der Waals surface area contributed by atoms with Crippen LogP contribution < -0.4 is 16.4 Å². The first-order valence-electron chi connectivity index (χ1n) is 5.89. The Kier molecular flexibility index (Phi) is 3.62. The molecular formula is C13H17N5. The van der Waals surface area contributed by atoms with Crippen molar-refractivity contribution in [2.45, 2.75) is 13.8 Å². The van der Waals surface area contributed by atoms with Crippen LogP contribution in [0.15, 0.2) is 30.3 Å². The molecule has 4 N–H and O–H groups in total. The zero-order chi connectivity index (χ0) is 13.0. The monoisotopic (exact) mass is 243 g/mol. The molecule has 0 aliphatic heterocycles. The standard InChI is InChI=1S/C13H17N5/c1-3-15-12-8-13(17-9(2)16-12)18-11-6-4-10(14)5-7-11/h4-8H,3,14H2,1-2H3,(H2,15,16,17,18). The summed E-state index contributed by atoms with van der Waals surface area (Å²) in [5.41, 5.74) is 7.34. The van der Waals surface area contributed by atoms with Crippen molar-refractivity contribution in [1.29, 1.82) is 0 Å². The Hall–Kier alpha value is -2.30. The van der Waals surface area contributed by atoms with Gasteiger partial charge in [-0.3, -0.25) is 0 Å². The molecule has 0 amide bonds. The second-order valence-electron chi connectivity index (χ2n) is 3.96. The molecule has 0 bridgehead atoms. The summed E-state index contributed by atoms with van der Waals surface area (Å²) in [5, 5.41) is 6.40.